The minimum Gasteiger partial charge on any atom is -0.493 e. The van der Waals surface area contributed by atoms with Gasteiger partial charge in [-0.3, -0.25) is 10.0 Å². The average Bonchev–Trinajstić information content (AvgIpc) is 3.47. The van der Waals surface area contributed by atoms with E-state index in [1.54, 1.807) is 58.8 Å². The fourth-order valence-electron chi connectivity index (χ4n) is 5.26. The lowest BCUT2D eigenvalue weighted by atomic mass is 9.74. The van der Waals surface area contributed by atoms with Gasteiger partial charge in [-0.05, 0) is 60.4 Å². The van der Waals surface area contributed by atoms with Gasteiger partial charge >= 0.3 is 0 Å². The van der Waals surface area contributed by atoms with Crippen molar-refractivity contribution in [2.75, 3.05) is 41.7 Å². The van der Waals surface area contributed by atoms with Gasteiger partial charge in [-0.25, -0.2) is 0 Å². The van der Waals surface area contributed by atoms with E-state index >= 15 is 0 Å². The smallest absolute Gasteiger partial charge is 0.289 e. The van der Waals surface area contributed by atoms with Crippen LogP contribution < -0.4 is 23.7 Å². The summed E-state index contributed by atoms with van der Waals surface area (Å²) in [5, 5.41) is 10.8. The second kappa shape index (κ2) is 14.0. The van der Waals surface area contributed by atoms with Crippen LogP contribution in [0.15, 0.2) is 60.7 Å². The number of amides is 1. The molecule has 9 nitrogen and oxygen atoms in total. The highest BCUT2D eigenvalue weighted by Gasteiger charge is 2.48. The van der Waals surface area contributed by atoms with E-state index in [0.717, 1.165) is 17.5 Å². The van der Waals surface area contributed by atoms with Crippen molar-refractivity contribution < 1.29 is 38.4 Å². The molecule has 1 aliphatic rings. The molecule has 0 bridgehead atoms. The first kappa shape index (κ1) is 30.6. The van der Waals surface area contributed by atoms with Crippen molar-refractivity contribution in [1.29, 1.82) is 0 Å². The lowest BCUT2D eigenvalue weighted by Gasteiger charge is -2.36. The quantitative estimate of drug-likeness (QED) is 0.135. The molecule has 0 aromatic heterocycles. The molecule has 1 saturated heterocycles. The Balaban J connectivity index is 1.79. The molecule has 3 aromatic carbocycles. The molecule has 2 atom stereocenters. The van der Waals surface area contributed by atoms with Gasteiger partial charge in [0.25, 0.3) is 5.91 Å². The van der Waals surface area contributed by atoms with Crippen LogP contribution >= 0.6 is 0 Å². The summed E-state index contributed by atoms with van der Waals surface area (Å²) >= 11 is 0. The zero-order valence-electron chi connectivity index (χ0n) is 24.6. The van der Waals surface area contributed by atoms with Crippen LogP contribution in [0.4, 0.5) is 0 Å². The van der Waals surface area contributed by atoms with Crippen molar-refractivity contribution in [1.82, 2.24) is 5.06 Å². The lowest BCUT2D eigenvalue weighted by molar-refractivity contribution is -0.0120. The molecule has 3 aromatic rings. The normalized spacial score (nSPS) is 17.5. The van der Waals surface area contributed by atoms with Crippen molar-refractivity contribution >= 4 is 5.91 Å². The van der Waals surface area contributed by atoms with Crippen molar-refractivity contribution in [2.45, 2.75) is 31.8 Å². The van der Waals surface area contributed by atoms with Crippen LogP contribution in [0.1, 0.15) is 47.7 Å². The van der Waals surface area contributed by atoms with E-state index in [1.165, 1.54) is 0 Å². The van der Waals surface area contributed by atoms with Crippen LogP contribution in [-0.2, 0) is 10.3 Å². The zero-order valence-corrected chi connectivity index (χ0v) is 24.6. The van der Waals surface area contributed by atoms with E-state index in [9.17, 15) is 10.0 Å². The Morgan fingerprint density at radius 1 is 0.929 bits per heavy atom. The Morgan fingerprint density at radius 2 is 1.60 bits per heavy atom. The third kappa shape index (κ3) is 6.10. The predicted octanol–water partition coefficient (Wildman–Crippen LogP) is 5.67. The van der Waals surface area contributed by atoms with Gasteiger partial charge in [-0.15, -0.1) is 5.06 Å². The number of benzene rings is 3. The number of carbonyl (C=O) groups excluding carboxylic acids is 1. The van der Waals surface area contributed by atoms with Crippen LogP contribution in [0.2, 0.25) is 0 Å². The van der Waals surface area contributed by atoms with E-state index in [2.05, 4.69) is 12.0 Å². The Hall–Kier alpha value is -4.39. The maximum absolute atomic E-state index is 12.6. The van der Waals surface area contributed by atoms with Gasteiger partial charge in [-0.2, -0.15) is 0 Å². The second-order valence-electron chi connectivity index (χ2n) is 9.67. The van der Waals surface area contributed by atoms with E-state index < -0.39 is 11.5 Å². The molecular formula is C33H37NO8. The van der Waals surface area contributed by atoms with Gasteiger partial charge in [0.2, 0.25) is 5.75 Å². The number of carbonyl (C=O) groups is 1. The average molecular weight is 576 g/mol. The van der Waals surface area contributed by atoms with Crippen LogP contribution in [0.25, 0.3) is 0 Å². The summed E-state index contributed by atoms with van der Waals surface area (Å²) in [7, 11) is 6.28. The number of nitrogens with zero attached hydrogens (tertiary/aromatic N) is 1. The number of methoxy groups -OCH3 is 4. The van der Waals surface area contributed by atoms with Gasteiger partial charge in [0.15, 0.2) is 23.0 Å². The first-order valence-corrected chi connectivity index (χ1v) is 13.8. The molecule has 0 saturated carbocycles. The number of rotatable bonds is 11. The summed E-state index contributed by atoms with van der Waals surface area (Å²) in [6.45, 7) is 3.05. The third-order valence-electron chi connectivity index (χ3n) is 7.27. The predicted molar refractivity (Wildman–Crippen MR) is 157 cm³/mol. The van der Waals surface area contributed by atoms with Crippen molar-refractivity contribution in [3.63, 3.8) is 0 Å². The Kier molecular flexibility index (Phi) is 10.2. The molecule has 42 heavy (non-hydrogen) atoms. The van der Waals surface area contributed by atoms with E-state index in [0.29, 0.717) is 65.4 Å². The summed E-state index contributed by atoms with van der Waals surface area (Å²) in [4.78, 5) is 12.6. The number of hydrogen-bond donors (Lipinski definition) is 1. The number of hydrogen-bond acceptors (Lipinski definition) is 8. The summed E-state index contributed by atoms with van der Waals surface area (Å²) in [6.07, 6.45) is 1.84. The van der Waals surface area contributed by atoms with Gasteiger partial charge in [0, 0.05) is 30.6 Å². The minimum absolute atomic E-state index is 0.180. The van der Waals surface area contributed by atoms with Crippen LogP contribution in [-0.4, -0.2) is 57.8 Å². The van der Waals surface area contributed by atoms with E-state index in [1.807, 2.05) is 37.3 Å². The lowest BCUT2D eigenvalue weighted by Crippen LogP contribution is -2.34. The fourth-order valence-corrected chi connectivity index (χ4v) is 5.26. The molecule has 0 radical (unpaired) electrons. The molecule has 4 rings (SSSR count). The molecule has 0 aliphatic carbocycles. The first-order chi connectivity index (χ1) is 20.4. The van der Waals surface area contributed by atoms with E-state index in [-0.39, 0.29) is 5.92 Å². The summed E-state index contributed by atoms with van der Waals surface area (Å²) in [5.41, 5.74) is 0.930. The SMILES string of the molecule is CCCOc1ccc(C2(c3cc(OC)c(OC)c(OC)c3)OCCC2CC#CN(O)C(=O)c2ccccc2)cc1OC. The maximum Gasteiger partial charge on any atom is 0.289 e. The molecule has 1 aliphatic heterocycles. The minimum atomic E-state index is -0.998. The Labute approximate surface area is 246 Å². The Bertz CT molecular complexity index is 1410. The molecular weight excluding hydrogens is 538 g/mol. The molecule has 9 heteroatoms. The van der Waals surface area contributed by atoms with Gasteiger partial charge in [0.1, 0.15) is 5.60 Å². The molecule has 2 unspecified atom stereocenters. The van der Waals surface area contributed by atoms with Crippen LogP contribution in [0, 0.1) is 17.9 Å². The van der Waals surface area contributed by atoms with Crippen LogP contribution in [0.5, 0.6) is 28.7 Å². The van der Waals surface area contributed by atoms with Gasteiger partial charge < -0.3 is 28.4 Å². The molecule has 1 fully saturated rings. The first-order valence-electron chi connectivity index (χ1n) is 13.8. The molecule has 1 heterocycles. The molecule has 222 valence electrons. The van der Waals surface area contributed by atoms with Crippen molar-refractivity contribution in [2.24, 2.45) is 5.92 Å². The maximum atomic E-state index is 12.6. The fraction of sp³-hybridized carbons (Fsp3) is 0.364. The Morgan fingerprint density at radius 3 is 2.21 bits per heavy atom. The third-order valence-corrected chi connectivity index (χ3v) is 7.27. The van der Waals surface area contributed by atoms with Crippen molar-refractivity contribution in [3.8, 4) is 40.7 Å². The molecule has 0 spiro atoms. The second-order valence-corrected chi connectivity index (χ2v) is 9.67. The summed E-state index contributed by atoms with van der Waals surface area (Å²) in [6, 6.07) is 20.6. The monoisotopic (exact) mass is 575 g/mol. The van der Waals surface area contributed by atoms with Crippen LogP contribution in [0.3, 0.4) is 0 Å². The summed E-state index contributed by atoms with van der Waals surface area (Å²) < 4.78 is 35.2. The molecule has 1 amide bonds. The standard InChI is InChI=1S/C33H37NO8/c1-6-18-41-27-15-14-25(20-28(27)37-2)33(26-21-29(38-3)31(40-5)30(22-26)39-4)24(16-19-42-33)13-10-17-34(36)32(35)23-11-8-7-9-12-23/h7-9,11-12,14-15,20-22,24,36H,6,13,16,18-19H2,1-5H3. The number of ether oxygens (including phenoxy) is 6. The number of hydroxylamine groups is 2. The highest BCUT2D eigenvalue weighted by Crippen LogP contribution is 2.52. The molecule has 1 N–H and O–H groups in total. The van der Waals surface area contributed by atoms with Gasteiger partial charge in [0.05, 0.1) is 35.0 Å². The summed E-state index contributed by atoms with van der Waals surface area (Å²) in [5.74, 6) is 4.85. The highest BCUT2D eigenvalue weighted by atomic mass is 16.5. The zero-order chi connectivity index (χ0) is 30.1. The van der Waals surface area contributed by atoms with E-state index in [4.69, 9.17) is 28.4 Å². The van der Waals surface area contributed by atoms with Gasteiger partial charge in [-0.1, -0.05) is 37.1 Å². The highest BCUT2D eigenvalue weighted by molar-refractivity contribution is 5.94. The topological polar surface area (TPSA) is 95.9 Å². The largest absolute Gasteiger partial charge is 0.493 e. The van der Waals surface area contributed by atoms with Crippen molar-refractivity contribution in [3.05, 3.63) is 77.4 Å².